The predicted molar refractivity (Wildman–Crippen MR) is 80.5 cm³/mol. The van der Waals surface area contributed by atoms with Crippen LogP contribution in [0, 0.1) is 0 Å². The number of hydrogen-bond acceptors (Lipinski definition) is 4. The highest BCUT2D eigenvalue weighted by Gasteiger charge is 2.04. The van der Waals surface area contributed by atoms with Crippen LogP contribution in [0.15, 0.2) is 62.6 Å². The van der Waals surface area contributed by atoms with E-state index in [-0.39, 0.29) is 6.61 Å². The Hall–Kier alpha value is -2.14. The molecule has 0 atom stereocenters. The van der Waals surface area contributed by atoms with Crippen molar-refractivity contribution in [2.24, 2.45) is 5.16 Å². The van der Waals surface area contributed by atoms with E-state index in [4.69, 9.17) is 9.25 Å². The Bertz CT molecular complexity index is 702. The molecule has 0 bridgehead atoms. The molecule has 0 saturated heterocycles. The highest BCUT2D eigenvalue weighted by atomic mass is 79.9. The molecular formula is C15H11BrN2O2. The lowest BCUT2D eigenvalue weighted by Gasteiger charge is -1.95. The summed E-state index contributed by atoms with van der Waals surface area (Å²) < 4.78 is 6.55. The van der Waals surface area contributed by atoms with E-state index in [1.165, 1.54) is 0 Å². The van der Waals surface area contributed by atoms with Crippen LogP contribution in [0.25, 0.3) is 11.1 Å². The number of benzene rings is 2. The molecule has 0 spiro atoms. The van der Waals surface area contributed by atoms with Crippen molar-refractivity contribution in [3.8, 4) is 0 Å². The van der Waals surface area contributed by atoms with Gasteiger partial charge < -0.3 is 9.25 Å². The van der Waals surface area contributed by atoms with Crippen molar-refractivity contribution >= 4 is 33.2 Å². The van der Waals surface area contributed by atoms with Crippen molar-refractivity contribution in [2.75, 3.05) is 0 Å². The first-order valence-corrected chi connectivity index (χ1v) is 6.86. The average molecular weight is 331 g/mol. The third-order valence-electron chi connectivity index (χ3n) is 2.67. The van der Waals surface area contributed by atoms with Crippen molar-refractivity contribution in [1.29, 1.82) is 0 Å². The van der Waals surface area contributed by atoms with E-state index >= 15 is 0 Å². The highest BCUT2D eigenvalue weighted by molar-refractivity contribution is 9.10. The molecule has 1 aromatic heterocycles. The minimum atomic E-state index is 0.210. The topological polar surface area (TPSA) is 47.6 Å². The first-order valence-electron chi connectivity index (χ1n) is 6.06. The van der Waals surface area contributed by atoms with E-state index in [9.17, 15) is 0 Å². The summed E-state index contributed by atoms with van der Waals surface area (Å²) >= 11 is 3.38. The van der Waals surface area contributed by atoms with Crippen molar-refractivity contribution < 1.29 is 9.25 Å². The third-order valence-corrected chi connectivity index (χ3v) is 3.20. The van der Waals surface area contributed by atoms with Crippen LogP contribution in [-0.4, -0.2) is 11.2 Å². The Kier molecular flexibility index (Phi) is 3.78. The van der Waals surface area contributed by atoms with E-state index < -0.39 is 0 Å². The Morgan fingerprint density at radius 2 is 1.95 bits per heavy atom. The summed E-state index contributed by atoms with van der Waals surface area (Å²) in [7, 11) is 0. The Labute approximate surface area is 124 Å². The van der Waals surface area contributed by atoms with Gasteiger partial charge in [-0.15, -0.1) is 0 Å². The molecule has 0 N–H and O–H groups in total. The summed E-state index contributed by atoms with van der Waals surface area (Å²) in [4.78, 5) is 9.48. The molecule has 0 fully saturated rings. The second kappa shape index (κ2) is 5.88. The van der Waals surface area contributed by atoms with Gasteiger partial charge in [0, 0.05) is 4.47 Å². The molecule has 1 heterocycles. The lowest BCUT2D eigenvalue weighted by molar-refractivity contribution is 0.113. The van der Waals surface area contributed by atoms with E-state index in [0.717, 1.165) is 21.1 Å². The number of aromatic nitrogens is 1. The van der Waals surface area contributed by atoms with Crippen LogP contribution in [0.4, 0.5) is 0 Å². The summed E-state index contributed by atoms with van der Waals surface area (Å²) in [5.74, 6) is 0.513. The molecule has 0 unspecified atom stereocenters. The fourth-order valence-corrected chi connectivity index (χ4v) is 1.99. The van der Waals surface area contributed by atoms with Crippen LogP contribution in [-0.2, 0) is 11.4 Å². The van der Waals surface area contributed by atoms with E-state index in [1.807, 2.05) is 48.5 Å². The van der Waals surface area contributed by atoms with E-state index in [1.54, 1.807) is 6.21 Å². The number of fused-ring (bicyclic) bond motifs is 1. The molecule has 4 nitrogen and oxygen atoms in total. The molecule has 5 heteroatoms. The monoisotopic (exact) mass is 330 g/mol. The van der Waals surface area contributed by atoms with Gasteiger partial charge in [-0.2, -0.15) is 0 Å². The quantitative estimate of drug-likeness (QED) is 0.533. The van der Waals surface area contributed by atoms with Crippen molar-refractivity contribution in [3.05, 3.63) is 64.5 Å². The van der Waals surface area contributed by atoms with Gasteiger partial charge in [0.2, 0.25) is 5.89 Å². The molecule has 0 radical (unpaired) electrons. The summed E-state index contributed by atoms with van der Waals surface area (Å²) in [6, 6.07) is 15.4. The first kappa shape index (κ1) is 12.9. The fraction of sp³-hybridized carbons (Fsp3) is 0.0667. The summed E-state index contributed by atoms with van der Waals surface area (Å²) in [6.07, 6.45) is 1.65. The second-order valence-corrected chi connectivity index (χ2v) is 5.05. The largest absolute Gasteiger partial charge is 0.437 e. The van der Waals surface area contributed by atoms with Crippen LogP contribution in [0.5, 0.6) is 0 Å². The van der Waals surface area contributed by atoms with Crippen LogP contribution in [0.3, 0.4) is 0 Å². The van der Waals surface area contributed by atoms with Crippen LogP contribution >= 0.6 is 15.9 Å². The number of oxime groups is 1. The van der Waals surface area contributed by atoms with Gasteiger partial charge in [0.15, 0.2) is 12.2 Å². The molecule has 0 amide bonds. The minimum Gasteiger partial charge on any atom is -0.437 e. The Morgan fingerprint density at radius 1 is 1.15 bits per heavy atom. The predicted octanol–water partition coefficient (Wildman–Crippen LogP) is 4.14. The van der Waals surface area contributed by atoms with Crippen LogP contribution in [0.1, 0.15) is 11.5 Å². The normalized spacial score (nSPS) is 11.2. The smallest absolute Gasteiger partial charge is 0.236 e. The molecule has 0 aliphatic heterocycles. The molecule has 0 aliphatic rings. The van der Waals surface area contributed by atoms with Gasteiger partial charge in [-0.1, -0.05) is 45.4 Å². The van der Waals surface area contributed by atoms with Crippen LogP contribution < -0.4 is 0 Å². The van der Waals surface area contributed by atoms with Crippen molar-refractivity contribution in [2.45, 2.75) is 6.61 Å². The molecular weight excluding hydrogens is 320 g/mol. The average Bonchev–Trinajstić information content (AvgIpc) is 2.88. The van der Waals surface area contributed by atoms with E-state index in [0.29, 0.717) is 5.89 Å². The number of nitrogens with zero attached hydrogens (tertiary/aromatic N) is 2. The second-order valence-electron chi connectivity index (χ2n) is 4.13. The fourth-order valence-electron chi connectivity index (χ4n) is 1.72. The highest BCUT2D eigenvalue weighted by Crippen LogP contribution is 2.15. The zero-order chi connectivity index (χ0) is 13.8. The SMILES string of the molecule is Brc1ccc(/C=N\OCc2nc3ccccc3o2)cc1. The van der Waals surface area contributed by atoms with Gasteiger partial charge in [-0.3, -0.25) is 0 Å². The maximum Gasteiger partial charge on any atom is 0.236 e. The number of rotatable bonds is 4. The number of oxazole rings is 1. The standard InChI is InChI=1S/C15H11BrN2O2/c16-12-7-5-11(6-8-12)9-17-19-10-15-18-13-3-1-2-4-14(13)20-15/h1-9H,10H2/b17-9-. The van der Waals surface area contributed by atoms with Gasteiger partial charge in [0.25, 0.3) is 0 Å². The molecule has 3 aromatic rings. The minimum absolute atomic E-state index is 0.210. The molecule has 0 saturated carbocycles. The maximum absolute atomic E-state index is 5.52. The number of hydrogen-bond donors (Lipinski definition) is 0. The summed E-state index contributed by atoms with van der Waals surface area (Å²) in [5.41, 5.74) is 2.54. The van der Waals surface area contributed by atoms with Crippen LogP contribution in [0.2, 0.25) is 0 Å². The zero-order valence-electron chi connectivity index (χ0n) is 10.5. The first-order chi connectivity index (χ1) is 9.81. The van der Waals surface area contributed by atoms with Gasteiger partial charge >= 0.3 is 0 Å². The Morgan fingerprint density at radius 3 is 2.75 bits per heavy atom. The maximum atomic E-state index is 5.52. The number of para-hydroxylation sites is 2. The van der Waals surface area contributed by atoms with Gasteiger partial charge in [0.1, 0.15) is 5.52 Å². The van der Waals surface area contributed by atoms with E-state index in [2.05, 4.69) is 26.1 Å². The zero-order valence-corrected chi connectivity index (χ0v) is 12.1. The summed E-state index contributed by atoms with van der Waals surface area (Å²) in [6.45, 7) is 0.210. The van der Waals surface area contributed by atoms with Crippen molar-refractivity contribution in [1.82, 2.24) is 4.98 Å². The molecule has 0 aliphatic carbocycles. The lowest BCUT2D eigenvalue weighted by Crippen LogP contribution is -1.88. The Balaban J connectivity index is 1.60. The van der Waals surface area contributed by atoms with Gasteiger partial charge in [-0.25, -0.2) is 4.98 Å². The molecule has 2 aromatic carbocycles. The molecule has 100 valence electrons. The van der Waals surface area contributed by atoms with Gasteiger partial charge in [-0.05, 0) is 29.8 Å². The third kappa shape index (κ3) is 3.05. The summed E-state index contributed by atoms with van der Waals surface area (Å²) in [5, 5.41) is 3.90. The molecule has 20 heavy (non-hydrogen) atoms. The lowest BCUT2D eigenvalue weighted by atomic mass is 10.2. The number of halogens is 1. The van der Waals surface area contributed by atoms with Gasteiger partial charge in [0.05, 0.1) is 6.21 Å². The molecule has 3 rings (SSSR count). The van der Waals surface area contributed by atoms with Crippen molar-refractivity contribution in [3.63, 3.8) is 0 Å².